The maximum absolute atomic E-state index is 11.4. The Kier molecular flexibility index (Phi) is 2.63. The standard InChI is InChI=1S/C9H18N2O2/c1-8(2,13-3)9(7(10)12)5-4-6-11-9/h11H,4-6H2,1-3H3,(H2,10,12). The molecule has 1 saturated heterocycles. The second-order valence-electron chi connectivity index (χ2n) is 4.01. The Labute approximate surface area is 78.8 Å². The van der Waals surface area contributed by atoms with Gasteiger partial charge >= 0.3 is 0 Å². The minimum atomic E-state index is -0.693. The maximum Gasteiger partial charge on any atom is 0.240 e. The second-order valence-corrected chi connectivity index (χ2v) is 4.01. The van der Waals surface area contributed by atoms with E-state index in [1.165, 1.54) is 0 Å². The summed E-state index contributed by atoms with van der Waals surface area (Å²) in [4.78, 5) is 11.4. The minimum absolute atomic E-state index is 0.322. The van der Waals surface area contributed by atoms with E-state index in [2.05, 4.69) is 5.32 Å². The minimum Gasteiger partial charge on any atom is -0.376 e. The molecule has 0 bridgehead atoms. The molecule has 0 aromatic rings. The molecule has 0 aliphatic carbocycles. The Morgan fingerprint density at radius 1 is 1.62 bits per heavy atom. The number of amides is 1. The molecule has 3 N–H and O–H groups in total. The van der Waals surface area contributed by atoms with Gasteiger partial charge in [-0.1, -0.05) is 0 Å². The lowest BCUT2D eigenvalue weighted by molar-refractivity contribution is -0.136. The van der Waals surface area contributed by atoms with Crippen molar-refractivity contribution < 1.29 is 9.53 Å². The number of carbonyl (C=O) groups is 1. The number of rotatable bonds is 3. The van der Waals surface area contributed by atoms with Crippen LogP contribution in [0, 0.1) is 0 Å². The van der Waals surface area contributed by atoms with Crippen molar-refractivity contribution in [3.05, 3.63) is 0 Å². The Balaban J connectivity index is 2.97. The summed E-state index contributed by atoms with van der Waals surface area (Å²) in [7, 11) is 1.60. The molecule has 1 atom stereocenters. The molecule has 0 saturated carbocycles. The van der Waals surface area contributed by atoms with Gasteiger partial charge < -0.3 is 15.8 Å². The van der Waals surface area contributed by atoms with Gasteiger partial charge in [-0.25, -0.2) is 0 Å². The highest BCUT2D eigenvalue weighted by Crippen LogP contribution is 2.32. The van der Waals surface area contributed by atoms with E-state index in [1.807, 2.05) is 13.8 Å². The van der Waals surface area contributed by atoms with E-state index in [0.717, 1.165) is 19.4 Å². The van der Waals surface area contributed by atoms with E-state index in [1.54, 1.807) is 7.11 Å². The van der Waals surface area contributed by atoms with Crippen molar-refractivity contribution >= 4 is 5.91 Å². The summed E-state index contributed by atoms with van der Waals surface area (Å²) in [6.07, 6.45) is 1.72. The molecule has 1 fully saturated rings. The van der Waals surface area contributed by atoms with Gasteiger partial charge in [0.15, 0.2) is 0 Å². The molecule has 1 rings (SSSR count). The van der Waals surface area contributed by atoms with Crippen LogP contribution in [0.25, 0.3) is 0 Å². The van der Waals surface area contributed by atoms with Gasteiger partial charge in [-0.05, 0) is 33.2 Å². The van der Waals surface area contributed by atoms with Crippen molar-refractivity contribution in [2.75, 3.05) is 13.7 Å². The number of nitrogens with one attached hydrogen (secondary N) is 1. The summed E-state index contributed by atoms with van der Waals surface area (Å²) in [5, 5.41) is 3.16. The number of primary amides is 1. The molecule has 13 heavy (non-hydrogen) atoms. The summed E-state index contributed by atoms with van der Waals surface area (Å²) in [6.45, 7) is 4.60. The molecule has 1 unspecified atom stereocenters. The zero-order valence-electron chi connectivity index (χ0n) is 8.52. The largest absolute Gasteiger partial charge is 0.376 e. The first-order valence-electron chi connectivity index (χ1n) is 4.56. The van der Waals surface area contributed by atoms with Crippen LogP contribution in [0.4, 0.5) is 0 Å². The van der Waals surface area contributed by atoms with Crippen LogP contribution in [0.3, 0.4) is 0 Å². The van der Waals surface area contributed by atoms with Crippen LogP contribution in [0.2, 0.25) is 0 Å². The molecule has 1 aliphatic heterocycles. The third kappa shape index (κ3) is 1.44. The van der Waals surface area contributed by atoms with E-state index >= 15 is 0 Å². The molecule has 0 radical (unpaired) electrons. The Bertz CT molecular complexity index is 208. The molecule has 76 valence electrons. The number of nitrogens with two attached hydrogens (primary N) is 1. The quantitative estimate of drug-likeness (QED) is 0.653. The van der Waals surface area contributed by atoms with Crippen LogP contribution >= 0.6 is 0 Å². The Morgan fingerprint density at radius 3 is 2.54 bits per heavy atom. The van der Waals surface area contributed by atoms with Crippen molar-refractivity contribution in [3.8, 4) is 0 Å². The van der Waals surface area contributed by atoms with Gasteiger partial charge in [0.05, 0.1) is 5.60 Å². The molecule has 1 aliphatic rings. The highest BCUT2D eigenvalue weighted by molar-refractivity contribution is 5.86. The van der Waals surface area contributed by atoms with E-state index in [9.17, 15) is 4.79 Å². The third-order valence-electron chi connectivity index (χ3n) is 3.11. The van der Waals surface area contributed by atoms with Crippen molar-refractivity contribution in [1.82, 2.24) is 5.32 Å². The van der Waals surface area contributed by atoms with Crippen molar-refractivity contribution in [3.63, 3.8) is 0 Å². The normalized spacial score (nSPS) is 29.2. The van der Waals surface area contributed by atoms with Gasteiger partial charge in [-0.2, -0.15) is 0 Å². The molecular formula is C9H18N2O2. The SMILES string of the molecule is COC(C)(C)C1(C(N)=O)CCCN1. The zero-order chi connectivity index (χ0) is 10.1. The second kappa shape index (κ2) is 3.27. The lowest BCUT2D eigenvalue weighted by atomic mass is 9.80. The molecular weight excluding hydrogens is 168 g/mol. The number of hydrogen-bond donors (Lipinski definition) is 2. The van der Waals surface area contributed by atoms with E-state index in [4.69, 9.17) is 10.5 Å². The summed E-state index contributed by atoms with van der Waals surface area (Å²) in [5.41, 5.74) is 4.17. The summed E-state index contributed by atoms with van der Waals surface area (Å²) >= 11 is 0. The molecule has 0 spiro atoms. The summed E-state index contributed by atoms with van der Waals surface area (Å²) in [6, 6.07) is 0. The lowest BCUT2D eigenvalue weighted by Gasteiger charge is -2.40. The van der Waals surface area contributed by atoms with E-state index in [0.29, 0.717) is 0 Å². The van der Waals surface area contributed by atoms with E-state index < -0.39 is 11.1 Å². The van der Waals surface area contributed by atoms with Crippen LogP contribution in [-0.4, -0.2) is 30.7 Å². The number of methoxy groups -OCH3 is 1. The topological polar surface area (TPSA) is 64.3 Å². The smallest absolute Gasteiger partial charge is 0.240 e. The fraction of sp³-hybridized carbons (Fsp3) is 0.889. The van der Waals surface area contributed by atoms with Crippen molar-refractivity contribution in [2.45, 2.75) is 37.8 Å². The van der Waals surface area contributed by atoms with E-state index in [-0.39, 0.29) is 5.91 Å². The Morgan fingerprint density at radius 2 is 2.23 bits per heavy atom. The summed E-state index contributed by atoms with van der Waals surface area (Å²) in [5.74, 6) is -0.322. The van der Waals surface area contributed by atoms with Gasteiger partial charge in [0.1, 0.15) is 5.54 Å². The Hall–Kier alpha value is -0.610. The average Bonchev–Trinajstić information content (AvgIpc) is 2.53. The van der Waals surface area contributed by atoms with Crippen molar-refractivity contribution in [1.29, 1.82) is 0 Å². The molecule has 0 aromatic heterocycles. The number of hydrogen-bond acceptors (Lipinski definition) is 3. The van der Waals surface area contributed by atoms with Crippen LogP contribution in [0.15, 0.2) is 0 Å². The highest BCUT2D eigenvalue weighted by Gasteiger charge is 2.52. The molecule has 1 heterocycles. The maximum atomic E-state index is 11.4. The first kappa shape index (κ1) is 10.5. The third-order valence-corrected chi connectivity index (χ3v) is 3.11. The van der Waals surface area contributed by atoms with Gasteiger partial charge in [-0.15, -0.1) is 0 Å². The fourth-order valence-electron chi connectivity index (χ4n) is 1.94. The lowest BCUT2D eigenvalue weighted by Crippen LogP contribution is -2.65. The molecule has 4 heteroatoms. The number of ether oxygens (including phenoxy) is 1. The van der Waals surface area contributed by atoms with Gasteiger partial charge in [0.25, 0.3) is 0 Å². The predicted octanol–water partition coefficient (Wildman–Crippen LogP) is 0.0189. The first-order valence-corrected chi connectivity index (χ1v) is 4.56. The predicted molar refractivity (Wildman–Crippen MR) is 50.3 cm³/mol. The first-order chi connectivity index (χ1) is 5.96. The number of carbonyl (C=O) groups excluding carboxylic acids is 1. The highest BCUT2D eigenvalue weighted by atomic mass is 16.5. The van der Waals surface area contributed by atoms with Gasteiger partial charge in [0, 0.05) is 7.11 Å². The molecule has 4 nitrogen and oxygen atoms in total. The molecule has 1 amide bonds. The monoisotopic (exact) mass is 186 g/mol. The van der Waals surface area contributed by atoms with Crippen LogP contribution < -0.4 is 11.1 Å². The van der Waals surface area contributed by atoms with Crippen LogP contribution in [0.1, 0.15) is 26.7 Å². The van der Waals surface area contributed by atoms with Crippen LogP contribution in [0.5, 0.6) is 0 Å². The van der Waals surface area contributed by atoms with Crippen molar-refractivity contribution in [2.24, 2.45) is 5.73 Å². The molecule has 0 aromatic carbocycles. The van der Waals surface area contributed by atoms with Gasteiger partial charge in [0.2, 0.25) is 5.91 Å². The van der Waals surface area contributed by atoms with Gasteiger partial charge in [-0.3, -0.25) is 4.79 Å². The average molecular weight is 186 g/mol. The summed E-state index contributed by atoms with van der Waals surface area (Å²) < 4.78 is 5.32. The van der Waals surface area contributed by atoms with Crippen LogP contribution in [-0.2, 0) is 9.53 Å². The zero-order valence-corrected chi connectivity index (χ0v) is 8.52. The fourth-order valence-corrected chi connectivity index (χ4v) is 1.94.